The lowest BCUT2D eigenvalue weighted by molar-refractivity contribution is 0.0950. The summed E-state index contributed by atoms with van der Waals surface area (Å²) in [7, 11) is 0. The highest BCUT2D eigenvalue weighted by Crippen LogP contribution is 2.24. The van der Waals surface area contributed by atoms with Crippen LogP contribution in [0.25, 0.3) is 0 Å². The van der Waals surface area contributed by atoms with E-state index in [2.05, 4.69) is 12.2 Å². The Balaban J connectivity index is 2.45. The zero-order chi connectivity index (χ0) is 9.68. The van der Waals surface area contributed by atoms with Gasteiger partial charge in [0.2, 0.25) is 5.06 Å². The molecule has 1 N–H and O–H groups in total. The summed E-state index contributed by atoms with van der Waals surface area (Å²) < 4.78 is 0. The summed E-state index contributed by atoms with van der Waals surface area (Å²) in [5, 5.41) is 15.2. The fourth-order valence-electron chi connectivity index (χ4n) is 0.938. The smallest absolute Gasteiger partial charge is 0.256 e. The van der Waals surface area contributed by atoms with Crippen LogP contribution in [0, 0.1) is 0 Å². The van der Waals surface area contributed by atoms with Crippen molar-refractivity contribution in [2.24, 2.45) is 0 Å². The van der Waals surface area contributed by atoms with Crippen molar-refractivity contribution in [2.75, 3.05) is 6.54 Å². The van der Waals surface area contributed by atoms with Gasteiger partial charge in [-0.2, -0.15) is 0 Å². The molecule has 1 radical (unpaired) electrons. The van der Waals surface area contributed by atoms with Crippen molar-refractivity contribution in [1.29, 1.82) is 0 Å². The number of amides is 1. The highest BCUT2D eigenvalue weighted by molar-refractivity contribution is 7.12. The van der Waals surface area contributed by atoms with Gasteiger partial charge in [0, 0.05) is 6.54 Å². The number of carbonyl (C=O) groups excluding carboxylic acids is 1. The van der Waals surface area contributed by atoms with E-state index in [4.69, 9.17) is 0 Å². The maximum atomic E-state index is 11.3. The fourth-order valence-corrected chi connectivity index (χ4v) is 1.55. The third-order valence-corrected chi connectivity index (χ3v) is 2.40. The van der Waals surface area contributed by atoms with Crippen LogP contribution in [-0.2, 0) is 5.11 Å². The monoisotopic (exact) mass is 198 g/mol. The number of rotatable bonds is 4. The summed E-state index contributed by atoms with van der Waals surface area (Å²) in [6.07, 6.45) is 1.98. The molecular weight excluding hydrogens is 186 g/mol. The Bertz CT molecular complexity index is 283. The van der Waals surface area contributed by atoms with Crippen LogP contribution in [0.3, 0.4) is 0 Å². The van der Waals surface area contributed by atoms with Crippen molar-refractivity contribution in [1.82, 2.24) is 5.32 Å². The number of unbranched alkanes of at least 4 members (excludes halogenated alkanes) is 1. The molecular formula is C9H12NO2S. The van der Waals surface area contributed by atoms with Gasteiger partial charge in [0.1, 0.15) is 0 Å². The molecule has 3 nitrogen and oxygen atoms in total. The van der Waals surface area contributed by atoms with Crippen LogP contribution in [-0.4, -0.2) is 12.5 Å². The first-order valence-electron chi connectivity index (χ1n) is 4.28. The van der Waals surface area contributed by atoms with Gasteiger partial charge in [0.15, 0.2) is 0 Å². The molecule has 1 heterocycles. The highest BCUT2D eigenvalue weighted by atomic mass is 32.1. The van der Waals surface area contributed by atoms with Crippen LogP contribution < -0.4 is 5.32 Å². The molecule has 0 saturated heterocycles. The standard InChI is InChI=1S/C9H12NO2S/c1-2-3-5-10-8(11)7-4-6-13-9(7)12/h4,6H,2-3,5H2,1H3,(H,10,11). The molecule has 1 aromatic rings. The third kappa shape index (κ3) is 2.73. The van der Waals surface area contributed by atoms with Crippen molar-refractivity contribution in [3.8, 4) is 5.06 Å². The topological polar surface area (TPSA) is 49.0 Å². The average Bonchev–Trinajstić information content (AvgIpc) is 2.52. The van der Waals surface area contributed by atoms with E-state index in [0.29, 0.717) is 6.54 Å². The predicted molar refractivity (Wildman–Crippen MR) is 51.7 cm³/mol. The lowest BCUT2D eigenvalue weighted by Crippen LogP contribution is -2.23. The predicted octanol–water partition coefficient (Wildman–Crippen LogP) is 2.42. The summed E-state index contributed by atoms with van der Waals surface area (Å²) in [4.78, 5) is 11.3. The molecule has 0 atom stereocenters. The normalized spacial score (nSPS) is 9.92. The molecule has 0 aliphatic carbocycles. The summed E-state index contributed by atoms with van der Waals surface area (Å²) >= 11 is 1.06. The molecule has 0 bridgehead atoms. The molecule has 0 aliphatic heterocycles. The Morgan fingerprint density at radius 2 is 2.38 bits per heavy atom. The second-order valence-electron chi connectivity index (χ2n) is 2.73. The van der Waals surface area contributed by atoms with Crippen LogP contribution in [0.4, 0.5) is 0 Å². The number of nitrogens with one attached hydrogen (secondary N) is 1. The van der Waals surface area contributed by atoms with Gasteiger partial charge in [-0.3, -0.25) is 9.90 Å². The van der Waals surface area contributed by atoms with E-state index in [1.54, 1.807) is 11.4 Å². The Kier molecular flexibility index (Phi) is 3.76. The molecule has 1 rings (SSSR count). The summed E-state index contributed by atoms with van der Waals surface area (Å²) in [5.74, 6) is -0.250. The Hall–Kier alpha value is -1.03. The van der Waals surface area contributed by atoms with E-state index in [1.165, 1.54) is 0 Å². The van der Waals surface area contributed by atoms with E-state index in [1.807, 2.05) is 0 Å². The van der Waals surface area contributed by atoms with Gasteiger partial charge in [-0.25, -0.2) is 0 Å². The first kappa shape index (κ1) is 10.1. The molecule has 0 aliphatic rings. The lowest BCUT2D eigenvalue weighted by atomic mass is 10.3. The number of hydrogen-bond acceptors (Lipinski definition) is 2. The van der Waals surface area contributed by atoms with Crippen molar-refractivity contribution >= 4 is 17.2 Å². The molecule has 0 aromatic carbocycles. The molecule has 1 amide bonds. The van der Waals surface area contributed by atoms with Gasteiger partial charge >= 0.3 is 0 Å². The van der Waals surface area contributed by atoms with Crippen molar-refractivity contribution in [3.05, 3.63) is 17.0 Å². The molecule has 1 aromatic heterocycles. The first-order valence-corrected chi connectivity index (χ1v) is 5.16. The Morgan fingerprint density at radius 1 is 1.62 bits per heavy atom. The van der Waals surface area contributed by atoms with Crippen LogP contribution >= 0.6 is 11.3 Å². The maximum absolute atomic E-state index is 11.3. The summed E-state index contributed by atoms with van der Waals surface area (Å²) in [5.41, 5.74) is 0.265. The van der Waals surface area contributed by atoms with Crippen LogP contribution in [0.2, 0.25) is 0 Å². The number of carbonyl (C=O) groups is 1. The van der Waals surface area contributed by atoms with Crippen molar-refractivity contribution in [3.63, 3.8) is 0 Å². The van der Waals surface area contributed by atoms with Gasteiger partial charge < -0.3 is 5.32 Å². The van der Waals surface area contributed by atoms with Crippen LogP contribution in [0.15, 0.2) is 11.4 Å². The van der Waals surface area contributed by atoms with Gasteiger partial charge in [-0.05, 0) is 17.9 Å². The summed E-state index contributed by atoms with van der Waals surface area (Å²) in [6, 6.07) is 1.56. The number of hydrogen-bond donors (Lipinski definition) is 1. The summed E-state index contributed by atoms with van der Waals surface area (Å²) in [6.45, 7) is 2.69. The SMILES string of the molecule is CCCCNC(=O)c1ccsc1[O]. The van der Waals surface area contributed by atoms with Gasteiger partial charge in [0.05, 0.1) is 5.56 Å². The highest BCUT2D eigenvalue weighted by Gasteiger charge is 2.12. The van der Waals surface area contributed by atoms with E-state index >= 15 is 0 Å². The Morgan fingerprint density at radius 3 is 2.92 bits per heavy atom. The molecule has 0 spiro atoms. The lowest BCUT2D eigenvalue weighted by Gasteiger charge is -2.01. The second-order valence-corrected chi connectivity index (χ2v) is 3.61. The van der Waals surface area contributed by atoms with Crippen LogP contribution in [0.5, 0.6) is 5.06 Å². The fraction of sp³-hybridized carbons (Fsp3) is 0.444. The Labute approximate surface area is 81.4 Å². The zero-order valence-electron chi connectivity index (χ0n) is 7.50. The molecule has 0 fully saturated rings. The van der Waals surface area contributed by atoms with Gasteiger partial charge in [0.25, 0.3) is 5.91 Å². The molecule has 0 unspecified atom stereocenters. The van der Waals surface area contributed by atoms with Gasteiger partial charge in [-0.15, -0.1) is 11.3 Å². The van der Waals surface area contributed by atoms with E-state index in [-0.39, 0.29) is 16.5 Å². The number of thiophene rings is 1. The van der Waals surface area contributed by atoms with Crippen molar-refractivity contribution in [2.45, 2.75) is 19.8 Å². The van der Waals surface area contributed by atoms with E-state index in [9.17, 15) is 9.90 Å². The molecule has 4 heteroatoms. The van der Waals surface area contributed by atoms with Crippen LogP contribution in [0.1, 0.15) is 30.1 Å². The van der Waals surface area contributed by atoms with E-state index < -0.39 is 0 Å². The van der Waals surface area contributed by atoms with E-state index in [0.717, 1.165) is 24.2 Å². The largest absolute Gasteiger partial charge is 0.352 e. The van der Waals surface area contributed by atoms with Crippen molar-refractivity contribution < 1.29 is 9.90 Å². The molecule has 13 heavy (non-hydrogen) atoms. The minimum absolute atomic E-state index is 0.158. The molecule has 0 saturated carbocycles. The zero-order valence-corrected chi connectivity index (χ0v) is 8.32. The maximum Gasteiger partial charge on any atom is 0.256 e. The quantitative estimate of drug-likeness (QED) is 0.742. The van der Waals surface area contributed by atoms with Gasteiger partial charge in [-0.1, -0.05) is 13.3 Å². The first-order chi connectivity index (χ1) is 6.25. The third-order valence-electron chi connectivity index (χ3n) is 1.69. The second kappa shape index (κ2) is 4.87. The average molecular weight is 198 g/mol. The minimum Gasteiger partial charge on any atom is -0.352 e. The minimum atomic E-state index is -0.250. The molecule has 71 valence electrons.